The topological polar surface area (TPSA) is 72.8 Å². The Labute approximate surface area is 140 Å². The van der Waals surface area contributed by atoms with Gasteiger partial charge in [0.2, 0.25) is 0 Å². The molecule has 24 heavy (non-hydrogen) atoms. The average molecular weight is 328 g/mol. The van der Waals surface area contributed by atoms with Gasteiger partial charge in [-0.3, -0.25) is 9.59 Å². The molecule has 2 rings (SSSR count). The van der Waals surface area contributed by atoms with Crippen LogP contribution < -0.4 is 0 Å². The summed E-state index contributed by atoms with van der Waals surface area (Å²) in [5.74, 6) is -0.492. The summed E-state index contributed by atoms with van der Waals surface area (Å²) in [5.41, 5.74) is 3.47. The highest BCUT2D eigenvalue weighted by molar-refractivity contribution is 5.66. The first kappa shape index (κ1) is 17.5. The van der Waals surface area contributed by atoms with Gasteiger partial charge in [-0.05, 0) is 28.3 Å². The summed E-state index contributed by atoms with van der Waals surface area (Å²) in [6.07, 6.45) is 0.577. The van der Waals surface area contributed by atoms with E-state index in [1.54, 1.807) is 6.07 Å². The Bertz CT molecular complexity index is 719. The van der Waals surface area contributed by atoms with Crippen molar-refractivity contribution >= 4 is 11.9 Å². The van der Waals surface area contributed by atoms with E-state index < -0.39 is 0 Å². The molecule has 5 heteroatoms. The van der Waals surface area contributed by atoms with Crippen molar-refractivity contribution in [1.82, 2.24) is 0 Å². The van der Waals surface area contributed by atoms with Gasteiger partial charge in [-0.15, -0.1) is 0 Å². The van der Waals surface area contributed by atoms with Crippen LogP contribution >= 0.6 is 0 Å². The molecule has 0 heterocycles. The molecule has 0 radical (unpaired) electrons. The Morgan fingerprint density at radius 2 is 1.33 bits per heavy atom. The number of carbonyl (C=O) groups is 2. The van der Waals surface area contributed by atoms with Crippen molar-refractivity contribution < 1.29 is 24.2 Å². The molecule has 2 aromatic rings. The van der Waals surface area contributed by atoms with Crippen LogP contribution in [0.5, 0.6) is 5.75 Å². The highest BCUT2D eigenvalue weighted by atomic mass is 16.5. The molecule has 0 aliphatic carbocycles. The van der Waals surface area contributed by atoms with Crippen molar-refractivity contribution in [3.63, 3.8) is 0 Å². The van der Waals surface area contributed by atoms with Gasteiger partial charge >= 0.3 is 11.9 Å². The minimum Gasteiger partial charge on any atom is -0.508 e. The van der Waals surface area contributed by atoms with E-state index in [-0.39, 0.29) is 30.9 Å². The molecule has 2 aromatic carbocycles. The maximum Gasteiger partial charge on any atom is 0.302 e. The van der Waals surface area contributed by atoms with E-state index in [2.05, 4.69) is 0 Å². The molecule has 5 nitrogen and oxygen atoms in total. The largest absolute Gasteiger partial charge is 0.508 e. The Hall–Kier alpha value is -2.82. The Balaban J connectivity index is 2.00. The minimum absolute atomic E-state index is 0.147. The van der Waals surface area contributed by atoms with E-state index in [9.17, 15) is 14.7 Å². The first-order valence-corrected chi connectivity index (χ1v) is 7.59. The zero-order valence-electron chi connectivity index (χ0n) is 13.7. The van der Waals surface area contributed by atoms with Gasteiger partial charge in [-0.2, -0.15) is 0 Å². The Morgan fingerprint density at radius 3 is 1.88 bits per heavy atom. The maximum absolute atomic E-state index is 10.8. The van der Waals surface area contributed by atoms with Crippen molar-refractivity contribution in [1.29, 1.82) is 0 Å². The van der Waals surface area contributed by atoms with Crippen molar-refractivity contribution in [3.05, 3.63) is 64.7 Å². The molecule has 126 valence electrons. The Kier molecular flexibility index (Phi) is 5.95. The third-order valence-electron chi connectivity index (χ3n) is 3.45. The van der Waals surface area contributed by atoms with Crippen LogP contribution in [0, 0.1) is 0 Å². The van der Waals surface area contributed by atoms with Crippen molar-refractivity contribution in [3.8, 4) is 5.75 Å². The summed E-state index contributed by atoms with van der Waals surface area (Å²) in [7, 11) is 0. The van der Waals surface area contributed by atoms with Crippen molar-refractivity contribution in [2.45, 2.75) is 33.5 Å². The lowest BCUT2D eigenvalue weighted by Gasteiger charge is -2.09. The molecule has 0 atom stereocenters. The standard InChI is InChI=1S/C19H20O5/c1-13(20)23-11-16-5-3-15(4-6-16)9-18-8-7-17(10-19(18)22)12-24-14(2)21/h3-8,10,22H,9,11-12H2,1-2H3. The van der Waals surface area contributed by atoms with Crippen LogP contribution in [0.2, 0.25) is 0 Å². The number of rotatable bonds is 6. The van der Waals surface area contributed by atoms with Gasteiger partial charge < -0.3 is 14.6 Å². The summed E-state index contributed by atoms with van der Waals surface area (Å²) in [6, 6.07) is 12.9. The lowest BCUT2D eigenvalue weighted by atomic mass is 10.0. The number of esters is 2. The van der Waals surface area contributed by atoms with E-state index in [0.29, 0.717) is 6.42 Å². The highest BCUT2D eigenvalue weighted by Crippen LogP contribution is 2.23. The van der Waals surface area contributed by atoms with Crippen LogP contribution in [0.3, 0.4) is 0 Å². The fraction of sp³-hybridized carbons (Fsp3) is 0.263. The number of phenolic OH excluding ortho intramolecular Hbond substituents is 1. The molecule has 0 bridgehead atoms. The molecular weight excluding hydrogens is 308 g/mol. The molecule has 0 saturated carbocycles. The molecule has 0 unspecified atom stereocenters. The number of hydrogen-bond acceptors (Lipinski definition) is 5. The third-order valence-corrected chi connectivity index (χ3v) is 3.45. The summed E-state index contributed by atoms with van der Waals surface area (Å²) >= 11 is 0. The van der Waals surface area contributed by atoms with Gasteiger partial charge in [0.05, 0.1) is 0 Å². The monoisotopic (exact) mass is 328 g/mol. The third kappa shape index (κ3) is 5.43. The van der Waals surface area contributed by atoms with E-state index in [0.717, 1.165) is 22.3 Å². The second-order valence-corrected chi connectivity index (χ2v) is 5.52. The number of benzene rings is 2. The van der Waals surface area contributed by atoms with Gasteiger partial charge in [0, 0.05) is 20.3 Å². The van der Waals surface area contributed by atoms with Crippen LogP contribution in [0.25, 0.3) is 0 Å². The van der Waals surface area contributed by atoms with Crippen LogP contribution in [-0.2, 0) is 38.7 Å². The zero-order valence-corrected chi connectivity index (χ0v) is 13.7. The number of phenols is 1. The minimum atomic E-state index is -0.354. The number of carbonyl (C=O) groups excluding carboxylic acids is 2. The normalized spacial score (nSPS) is 10.2. The smallest absolute Gasteiger partial charge is 0.302 e. The fourth-order valence-corrected chi connectivity index (χ4v) is 2.19. The molecule has 1 N–H and O–H groups in total. The van der Waals surface area contributed by atoms with E-state index in [1.165, 1.54) is 13.8 Å². The second-order valence-electron chi connectivity index (χ2n) is 5.52. The molecule has 0 aliphatic heterocycles. The van der Waals surface area contributed by atoms with Gasteiger partial charge in [0.25, 0.3) is 0 Å². The summed E-state index contributed by atoms with van der Waals surface area (Å²) in [5, 5.41) is 10.1. The van der Waals surface area contributed by atoms with Gasteiger partial charge in [-0.1, -0.05) is 36.4 Å². The molecule has 0 aliphatic rings. The van der Waals surface area contributed by atoms with Gasteiger partial charge in [0.1, 0.15) is 19.0 Å². The fourth-order valence-electron chi connectivity index (χ4n) is 2.19. The van der Waals surface area contributed by atoms with E-state index in [1.807, 2.05) is 36.4 Å². The lowest BCUT2D eigenvalue weighted by Crippen LogP contribution is -2.00. The van der Waals surface area contributed by atoms with Crippen molar-refractivity contribution in [2.24, 2.45) is 0 Å². The predicted octanol–water partition coefficient (Wildman–Crippen LogP) is 3.11. The quantitative estimate of drug-likeness (QED) is 0.825. The van der Waals surface area contributed by atoms with Crippen LogP contribution in [0.4, 0.5) is 0 Å². The first-order chi connectivity index (χ1) is 11.4. The van der Waals surface area contributed by atoms with E-state index >= 15 is 0 Å². The number of hydrogen-bond donors (Lipinski definition) is 1. The Morgan fingerprint density at radius 1 is 0.833 bits per heavy atom. The first-order valence-electron chi connectivity index (χ1n) is 7.59. The zero-order chi connectivity index (χ0) is 17.5. The molecule has 0 fully saturated rings. The predicted molar refractivity (Wildman–Crippen MR) is 88.3 cm³/mol. The molecule has 0 amide bonds. The van der Waals surface area contributed by atoms with Gasteiger partial charge in [-0.25, -0.2) is 0 Å². The molecule has 0 spiro atoms. The van der Waals surface area contributed by atoms with Crippen LogP contribution in [0.1, 0.15) is 36.1 Å². The average Bonchev–Trinajstić information content (AvgIpc) is 2.54. The summed E-state index contributed by atoms with van der Waals surface area (Å²) < 4.78 is 9.85. The van der Waals surface area contributed by atoms with Gasteiger partial charge in [0.15, 0.2) is 0 Å². The molecule has 0 saturated heterocycles. The number of aromatic hydroxyl groups is 1. The molecular formula is C19H20O5. The van der Waals surface area contributed by atoms with Crippen LogP contribution in [-0.4, -0.2) is 17.0 Å². The van der Waals surface area contributed by atoms with Crippen molar-refractivity contribution in [2.75, 3.05) is 0 Å². The van der Waals surface area contributed by atoms with E-state index in [4.69, 9.17) is 9.47 Å². The molecule has 0 aromatic heterocycles. The number of ether oxygens (including phenoxy) is 2. The SMILES string of the molecule is CC(=O)OCc1ccc(Cc2ccc(COC(C)=O)cc2O)cc1. The summed E-state index contributed by atoms with van der Waals surface area (Å²) in [6.45, 7) is 3.13. The lowest BCUT2D eigenvalue weighted by molar-refractivity contribution is -0.143. The summed E-state index contributed by atoms with van der Waals surface area (Å²) in [4.78, 5) is 21.6. The second kappa shape index (κ2) is 8.15. The van der Waals surface area contributed by atoms with Crippen LogP contribution in [0.15, 0.2) is 42.5 Å². The highest BCUT2D eigenvalue weighted by Gasteiger charge is 2.06. The maximum atomic E-state index is 10.8.